The SMILES string of the molecule is C=C/C=C/c1ccc(F)cc1CC1CC2CCC3OC23C1(C)C1=NC(CCCCC2CCCCC2)=CC1.C=CN.CN. The quantitative estimate of drug-likeness (QED) is 0.166. The molecule has 5 atom stereocenters. The van der Waals surface area contributed by atoms with Gasteiger partial charge in [-0.25, -0.2) is 4.39 Å². The van der Waals surface area contributed by atoms with Crippen LogP contribution in [-0.4, -0.2) is 24.5 Å². The van der Waals surface area contributed by atoms with Gasteiger partial charge >= 0.3 is 0 Å². The Hall–Kier alpha value is -2.50. The van der Waals surface area contributed by atoms with Gasteiger partial charge in [-0.05, 0) is 92.8 Å². The van der Waals surface area contributed by atoms with Crippen molar-refractivity contribution >= 4 is 11.8 Å². The van der Waals surface area contributed by atoms with E-state index in [-0.39, 0.29) is 16.8 Å². The van der Waals surface area contributed by atoms with Gasteiger partial charge in [-0.15, -0.1) is 0 Å². The Labute approximate surface area is 254 Å². The Morgan fingerprint density at radius 1 is 1.10 bits per heavy atom. The van der Waals surface area contributed by atoms with E-state index in [4.69, 9.17) is 9.73 Å². The van der Waals surface area contributed by atoms with Gasteiger partial charge in [0.05, 0.1) is 6.10 Å². The molecular weight excluding hydrogens is 521 g/mol. The lowest BCUT2D eigenvalue weighted by Gasteiger charge is -2.37. The summed E-state index contributed by atoms with van der Waals surface area (Å²) in [7, 11) is 1.50. The minimum Gasteiger partial charge on any atom is -0.405 e. The van der Waals surface area contributed by atoms with Crippen LogP contribution in [0.4, 0.5) is 4.39 Å². The fourth-order valence-electron chi connectivity index (χ4n) is 8.75. The van der Waals surface area contributed by atoms with Crippen LogP contribution in [0, 0.1) is 29.0 Å². The third-order valence-corrected chi connectivity index (χ3v) is 10.8. The number of aliphatic imine (C=N–C) groups is 1. The van der Waals surface area contributed by atoms with E-state index in [9.17, 15) is 4.39 Å². The van der Waals surface area contributed by atoms with E-state index in [1.807, 2.05) is 12.1 Å². The molecule has 2 heterocycles. The maximum absolute atomic E-state index is 14.4. The van der Waals surface area contributed by atoms with E-state index in [2.05, 4.69) is 43.7 Å². The van der Waals surface area contributed by atoms with E-state index in [1.165, 1.54) is 88.9 Å². The summed E-state index contributed by atoms with van der Waals surface area (Å²) in [6.45, 7) is 9.40. The predicted octanol–water partition coefficient (Wildman–Crippen LogP) is 8.67. The van der Waals surface area contributed by atoms with Crippen LogP contribution in [-0.2, 0) is 11.2 Å². The fourth-order valence-corrected chi connectivity index (χ4v) is 8.75. The lowest BCUT2D eigenvalue weighted by molar-refractivity contribution is 0.141. The zero-order chi connectivity index (χ0) is 30.2. The molecule has 1 spiro atoms. The van der Waals surface area contributed by atoms with Gasteiger partial charge in [0.25, 0.3) is 0 Å². The molecule has 0 aromatic heterocycles. The second kappa shape index (κ2) is 14.8. The number of epoxide rings is 1. The lowest BCUT2D eigenvalue weighted by Crippen LogP contribution is -2.45. The highest BCUT2D eigenvalue weighted by atomic mass is 19.1. The van der Waals surface area contributed by atoms with Crippen LogP contribution in [0.3, 0.4) is 0 Å². The number of ether oxygens (including phenoxy) is 1. The summed E-state index contributed by atoms with van der Waals surface area (Å²) in [5.74, 6) is 1.84. The summed E-state index contributed by atoms with van der Waals surface area (Å²) in [6.07, 6.45) is 27.6. The molecule has 6 rings (SSSR count). The van der Waals surface area contributed by atoms with Crippen molar-refractivity contribution in [2.75, 3.05) is 7.05 Å². The van der Waals surface area contributed by atoms with Gasteiger partial charge in [0, 0.05) is 23.2 Å². The predicted molar refractivity (Wildman–Crippen MR) is 176 cm³/mol. The first kappa shape index (κ1) is 32.4. The first-order valence-electron chi connectivity index (χ1n) is 16.4. The molecule has 2 aliphatic heterocycles. The first-order chi connectivity index (χ1) is 20.5. The highest BCUT2D eigenvalue weighted by molar-refractivity contribution is 5.96. The topological polar surface area (TPSA) is 76.9 Å². The van der Waals surface area contributed by atoms with Crippen molar-refractivity contribution in [3.8, 4) is 0 Å². The van der Waals surface area contributed by atoms with Crippen LogP contribution in [0.2, 0.25) is 0 Å². The molecule has 1 saturated heterocycles. The monoisotopic (exact) mass is 575 g/mol. The van der Waals surface area contributed by atoms with Crippen molar-refractivity contribution in [1.29, 1.82) is 0 Å². The van der Waals surface area contributed by atoms with E-state index in [1.54, 1.807) is 18.2 Å². The highest BCUT2D eigenvalue weighted by Crippen LogP contribution is 2.72. The number of nitrogens with zero attached hydrogens (tertiary/aromatic N) is 1. The minimum absolute atomic E-state index is 0.0365. The van der Waals surface area contributed by atoms with Gasteiger partial charge in [0.15, 0.2) is 0 Å². The number of rotatable bonds is 10. The third kappa shape index (κ3) is 6.53. The summed E-state index contributed by atoms with van der Waals surface area (Å²) in [5, 5.41) is 0. The van der Waals surface area contributed by atoms with Gasteiger partial charge < -0.3 is 16.2 Å². The zero-order valence-electron chi connectivity index (χ0n) is 26.1. The largest absolute Gasteiger partial charge is 0.405 e. The Kier molecular flexibility index (Phi) is 11.4. The number of hydrogen-bond acceptors (Lipinski definition) is 4. The smallest absolute Gasteiger partial charge is 0.123 e. The highest BCUT2D eigenvalue weighted by Gasteiger charge is 2.79. The van der Waals surface area contributed by atoms with E-state index in [0.29, 0.717) is 17.9 Å². The molecule has 4 N–H and O–H groups in total. The Balaban J connectivity index is 0.000000763. The maximum atomic E-state index is 14.4. The van der Waals surface area contributed by atoms with Gasteiger partial charge in [-0.1, -0.05) is 95.4 Å². The zero-order valence-corrected chi connectivity index (χ0v) is 26.1. The number of allylic oxidation sites excluding steroid dienone is 4. The average molecular weight is 576 g/mol. The molecule has 3 aliphatic carbocycles. The van der Waals surface area contributed by atoms with Crippen LogP contribution in [0.5, 0.6) is 0 Å². The Bertz CT molecular complexity index is 1170. The molecule has 5 aliphatic rings. The van der Waals surface area contributed by atoms with Crippen LogP contribution >= 0.6 is 0 Å². The molecule has 0 radical (unpaired) electrons. The fraction of sp³-hybridized carbons (Fsp3) is 0.595. The average Bonchev–Trinajstić information content (AvgIpc) is 3.25. The van der Waals surface area contributed by atoms with Crippen molar-refractivity contribution in [1.82, 2.24) is 0 Å². The Morgan fingerprint density at radius 2 is 1.86 bits per heavy atom. The minimum atomic E-state index is -0.153. The van der Waals surface area contributed by atoms with E-state index < -0.39 is 0 Å². The van der Waals surface area contributed by atoms with Crippen molar-refractivity contribution < 1.29 is 9.13 Å². The van der Waals surface area contributed by atoms with Gasteiger partial charge in [-0.3, -0.25) is 4.99 Å². The first-order valence-corrected chi connectivity index (χ1v) is 16.4. The normalized spacial score (nSPS) is 31.2. The molecule has 1 aromatic carbocycles. The van der Waals surface area contributed by atoms with Crippen LogP contribution in [0.25, 0.3) is 6.08 Å². The molecular formula is C37H54FN3O. The molecule has 1 aromatic rings. The van der Waals surface area contributed by atoms with Gasteiger partial charge in [-0.2, -0.15) is 0 Å². The molecule has 5 unspecified atom stereocenters. The molecule has 0 amide bonds. The standard InChI is InChI=1S/C34H44FNO.C2H5N.CH5N/c1-3-4-13-25-15-17-29(35)22-26(25)21-28-23-27-16-20-32-34(27,37-32)33(28,2)31-19-18-30(36-31)14-9-8-12-24-10-6-5-7-11-24;1-2-3;1-2/h3-4,13,15,17-18,22,24,27-28,32H,1,5-12,14,16,19-21,23H2,2H3;2H,1,3H2;2H2,1H3/b13-4+;;. The molecule has 3 saturated carbocycles. The second-order valence-electron chi connectivity index (χ2n) is 12.9. The summed E-state index contributed by atoms with van der Waals surface area (Å²) in [6, 6.07) is 5.22. The summed E-state index contributed by atoms with van der Waals surface area (Å²) in [5.41, 5.74) is 13.8. The van der Waals surface area contributed by atoms with Gasteiger partial charge in [0.2, 0.25) is 0 Å². The summed E-state index contributed by atoms with van der Waals surface area (Å²) >= 11 is 0. The number of halogens is 1. The lowest BCUT2D eigenvalue weighted by atomic mass is 9.66. The van der Waals surface area contributed by atoms with E-state index in [0.717, 1.165) is 42.7 Å². The molecule has 230 valence electrons. The van der Waals surface area contributed by atoms with Crippen LogP contribution in [0.15, 0.2) is 66.5 Å². The van der Waals surface area contributed by atoms with Crippen LogP contribution < -0.4 is 11.5 Å². The van der Waals surface area contributed by atoms with Gasteiger partial charge in [0.1, 0.15) is 11.4 Å². The van der Waals surface area contributed by atoms with Crippen molar-refractivity contribution in [3.05, 3.63) is 78.4 Å². The molecule has 4 nitrogen and oxygen atoms in total. The molecule has 5 heteroatoms. The van der Waals surface area contributed by atoms with Crippen molar-refractivity contribution in [2.45, 2.75) is 109 Å². The number of hydrogen-bond donors (Lipinski definition) is 2. The van der Waals surface area contributed by atoms with E-state index >= 15 is 0 Å². The number of nitrogens with two attached hydrogens (primary N) is 2. The Morgan fingerprint density at radius 3 is 2.57 bits per heavy atom. The molecule has 0 bridgehead atoms. The second-order valence-corrected chi connectivity index (χ2v) is 12.9. The van der Waals surface area contributed by atoms with Crippen LogP contribution in [0.1, 0.15) is 102 Å². The van der Waals surface area contributed by atoms with Crippen molar-refractivity contribution in [3.63, 3.8) is 0 Å². The maximum Gasteiger partial charge on any atom is 0.123 e. The third-order valence-electron chi connectivity index (χ3n) is 10.8. The number of benzene rings is 1. The van der Waals surface area contributed by atoms with Crippen molar-refractivity contribution in [2.24, 2.45) is 39.6 Å². The molecule has 4 fully saturated rings. The number of unbranched alkanes of at least 4 members (excludes halogenated alkanes) is 1. The molecule has 42 heavy (non-hydrogen) atoms. The summed E-state index contributed by atoms with van der Waals surface area (Å²) in [4.78, 5) is 5.34. The summed E-state index contributed by atoms with van der Waals surface area (Å²) < 4.78 is 20.9.